The zero-order valence-electron chi connectivity index (χ0n) is 35.3. The summed E-state index contributed by atoms with van der Waals surface area (Å²) < 4.78 is 0. The molecule has 1 aliphatic rings. The Hall–Kier alpha value is -8.26. The standard InChI is InChI=1S/C63H43N/c1-5-20-44(21-6-1)47-38-41-53(45-22-7-2-8-23-45)57(42-47)46-36-39-51(40-37-46)64(61-43-48-24-13-14-29-52(48)54-30-15-16-31-55(54)61)60-35-19-34-59-62(60)56-32-17-18-33-58(56)63(59,49-25-9-3-10-26-49)50-27-11-4-12-28-50/h1-43H. The monoisotopic (exact) mass is 813 g/mol. The Balaban J connectivity index is 1.12. The number of fused-ring (bicyclic) bond motifs is 6. The van der Waals surface area contributed by atoms with E-state index in [1.165, 1.54) is 88.3 Å². The van der Waals surface area contributed by atoms with Gasteiger partial charge in [0.1, 0.15) is 0 Å². The summed E-state index contributed by atoms with van der Waals surface area (Å²) >= 11 is 0. The third kappa shape index (κ3) is 6.01. The maximum atomic E-state index is 2.53. The maximum absolute atomic E-state index is 2.53. The maximum Gasteiger partial charge on any atom is 0.0714 e. The average molecular weight is 814 g/mol. The molecule has 0 saturated heterocycles. The first-order valence-electron chi connectivity index (χ1n) is 22.2. The molecule has 0 aliphatic heterocycles. The summed E-state index contributed by atoms with van der Waals surface area (Å²) in [5, 5.41) is 4.89. The number of hydrogen-bond donors (Lipinski definition) is 0. The lowest BCUT2D eigenvalue weighted by molar-refractivity contribution is 0.768. The van der Waals surface area contributed by atoms with Gasteiger partial charge in [-0.2, -0.15) is 0 Å². The van der Waals surface area contributed by atoms with Gasteiger partial charge in [-0.1, -0.05) is 231 Å². The second kappa shape index (κ2) is 15.6. The highest BCUT2D eigenvalue weighted by atomic mass is 15.1. The van der Waals surface area contributed by atoms with Crippen molar-refractivity contribution in [3.05, 3.63) is 283 Å². The van der Waals surface area contributed by atoms with Crippen molar-refractivity contribution in [1.82, 2.24) is 0 Å². The van der Waals surface area contributed by atoms with Crippen LogP contribution in [0, 0.1) is 0 Å². The van der Waals surface area contributed by atoms with Crippen LogP contribution in [0.25, 0.3) is 66.1 Å². The van der Waals surface area contributed by atoms with Crippen molar-refractivity contribution in [3.8, 4) is 44.5 Å². The van der Waals surface area contributed by atoms with Crippen molar-refractivity contribution in [2.75, 3.05) is 4.90 Å². The van der Waals surface area contributed by atoms with Crippen LogP contribution in [0.2, 0.25) is 0 Å². The summed E-state index contributed by atoms with van der Waals surface area (Å²) in [5.74, 6) is 0. The molecule has 1 aliphatic carbocycles. The lowest BCUT2D eigenvalue weighted by atomic mass is 9.68. The summed E-state index contributed by atoms with van der Waals surface area (Å²) in [6.07, 6.45) is 0. The molecule has 0 heterocycles. The topological polar surface area (TPSA) is 3.24 Å². The van der Waals surface area contributed by atoms with Crippen LogP contribution in [0.5, 0.6) is 0 Å². The number of anilines is 3. The van der Waals surface area contributed by atoms with Crippen LogP contribution in [0.4, 0.5) is 17.1 Å². The summed E-state index contributed by atoms with van der Waals surface area (Å²) in [5.41, 5.74) is 17.6. The van der Waals surface area contributed by atoms with E-state index >= 15 is 0 Å². The first-order chi connectivity index (χ1) is 31.8. The van der Waals surface area contributed by atoms with Gasteiger partial charge >= 0.3 is 0 Å². The Bertz CT molecular complexity index is 3430. The SMILES string of the molecule is c1ccc(-c2ccc(-c3ccccc3)c(-c3ccc(N(c4cccc5c4-c4ccccc4C5(c4ccccc4)c4ccccc4)c4cc5ccccc5c5ccccc45)cc3)c2)cc1. The first-order valence-corrected chi connectivity index (χ1v) is 22.2. The second-order valence-corrected chi connectivity index (χ2v) is 16.8. The van der Waals surface area contributed by atoms with E-state index in [-0.39, 0.29) is 0 Å². The molecule has 0 saturated carbocycles. The van der Waals surface area contributed by atoms with Gasteiger partial charge in [-0.3, -0.25) is 0 Å². The van der Waals surface area contributed by atoms with Crippen LogP contribution in [-0.4, -0.2) is 0 Å². The van der Waals surface area contributed by atoms with Gasteiger partial charge in [0.2, 0.25) is 0 Å². The van der Waals surface area contributed by atoms with Gasteiger partial charge in [-0.15, -0.1) is 0 Å². The van der Waals surface area contributed by atoms with Crippen LogP contribution in [-0.2, 0) is 5.41 Å². The fourth-order valence-corrected chi connectivity index (χ4v) is 10.5. The lowest BCUT2D eigenvalue weighted by Gasteiger charge is -2.34. The molecule has 1 heteroatoms. The second-order valence-electron chi connectivity index (χ2n) is 16.8. The zero-order valence-corrected chi connectivity index (χ0v) is 35.3. The number of rotatable bonds is 8. The highest BCUT2D eigenvalue weighted by Crippen LogP contribution is 2.60. The molecule has 0 unspecified atom stereocenters. The van der Waals surface area contributed by atoms with Crippen LogP contribution in [0.1, 0.15) is 22.3 Å². The molecule has 11 aromatic carbocycles. The fraction of sp³-hybridized carbons (Fsp3) is 0.0159. The molecule has 0 bridgehead atoms. The van der Waals surface area contributed by atoms with E-state index in [0.29, 0.717) is 0 Å². The van der Waals surface area contributed by atoms with Gasteiger partial charge in [0.05, 0.1) is 16.8 Å². The minimum Gasteiger partial charge on any atom is -0.309 e. The summed E-state index contributed by atoms with van der Waals surface area (Å²) in [6.45, 7) is 0. The predicted octanol–water partition coefficient (Wildman–Crippen LogP) is 16.8. The largest absolute Gasteiger partial charge is 0.309 e. The lowest BCUT2D eigenvalue weighted by Crippen LogP contribution is -2.28. The fourth-order valence-electron chi connectivity index (χ4n) is 10.5. The van der Waals surface area contributed by atoms with Gasteiger partial charge in [-0.05, 0) is 108 Å². The third-order valence-electron chi connectivity index (χ3n) is 13.3. The van der Waals surface area contributed by atoms with Crippen molar-refractivity contribution in [2.45, 2.75) is 5.41 Å². The number of benzene rings is 11. The summed E-state index contributed by atoms with van der Waals surface area (Å²) in [4.78, 5) is 2.53. The molecule has 0 N–H and O–H groups in total. The Labute approximate surface area is 374 Å². The molecule has 11 aromatic rings. The van der Waals surface area contributed by atoms with Crippen molar-refractivity contribution in [3.63, 3.8) is 0 Å². The van der Waals surface area contributed by atoms with Gasteiger partial charge in [-0.25, -0.2) is 0 Å². The Kier molecular flexibility index (Phi) is 9.13. The van der Waals surface area contributed by atoms with Crippen LogP contribution >= 0.6 is 0 Å². The van der Waals surface area contributed by atoms with Crippen LogP contribution in [0.3, 0.4) is 0 Å². The van der Waals surface area contributed by atoms with Gasteiger partial charge in [0.15, 0.2) is 0 Å². The van der Waals surface area contributed by atoms with Gasteiger partial charge in [0.25, 0.3) is 0 Å². The molecule has 0 radical (unpaired) electrons. The minimum absolute atomic E-state index is 0.525. The smallest absolute Gasteiger partial charge is 0.0714 e. The normalized spacial score (nSPS) is 12.5. The van der Waals surface area contributed by atoms with E-state index < -0.39 is 5.41 Å². The van der Waals surface area contributed by atoms with Gasteiger partial charge in [0, 0.05) is 16.6 Å². The molecule has 0 aromatic heterocycles. The first kappa shape index (κ1) is 37.5. The molecular weight excluding hydrogens is 771 g/mol. The molecule has 0 spiro atoms. The molecule has 300 valence electrons. The zero-order chi connectivity index (χ0) is 42.5. The molecule has 0 amide bonds. The van der Waals surface area contributed by atoms with E-state index in [0.717, 1.165) is 17.1 Å². The Morgan fingerprint density at radius 3 is 1.52 bits per heavy atom. The molecule has 12 rings (SSSR count). The quantitative estimate of drug-likeness (QED) is 0.138. The highest BCUT2D eigenvalue weighted by Gasteiger charge is 2.47. The van der Waals surface area contributed by atoms with Crippen LogP contribution in [0.15, 0.2) is 261 Å². The minimum atomic E-state index is -0.525. The van der Waals surface area contributed by atoms with Crippen molar-refractivity contribution < 1.29 is 0 Å². The van der Waals surface area contributed by atoms with Gasteiger partial charge < -0.3 is 4.90 Å². The summed E-state index contributed by atoms with van der Waals surface area (Å²) in [6, 6.07) is 95.9. The van der Waals surface area contributed by atoms with Crippen molar-refractivity contribution in [1.29, 1.82) is 0 Å². The molecule has 64 heavy (non-hydrogen) atoms. The van der Waals surface area contributed by atoms with Crippen LogP contribution < -0.4 is 4.90 Å². The Morgan fingerprint density at radius 1 is 0.281 bits per heavy atom. The molecule has 1 nitrogen and oxygen atoms in total. The number of nitrogens with zero attached hydrogens (tertiary/aromatic N) is 1. The highest BCUT2D eigenvalue weighted by molar-refractivity contribution is 6.15. The Morgan fingerprint density at radius 2 is 0.812 bits per heavy atom. The van der Waals surface area contributed by atoms with E-state index in [2.05, 4.69) is 266 Å². The number of hydrogen-bond acceptors (Lipinski definition) is 1. The predicted molar refractivity (Wildman–Crippen MR) is 270 cm³/mol. The molecular formula is C63H43N. The van der Waals surface area contributed by atoms with E-state index in [4.69, 9.17) is 0 Å². The molecule has 0 fully saturated rings. The van der Waals surface area contributed by atoms with Crippen molar-refractivity contribution in [2.24, 2.45) is 0 Å². The third-order valence-corrected chi connectivity index (χ3v) is 13.3. The summed E-state index contributed by atoms with van der Waals surface area (Å²) in [7, 11) is 0. The van der Waals surface area contributed by atoms with E-state index in [1.54, 1.807) is 0 Å². The van der Waals surface area contributed by atoms with Crippen molar-refractivity contribution >= 4 is 38.6 Å². The van der Waals surface area contributed by atoms with E-state index in [1.807, 2.05) is 0 Å². The van der Waals surface area contributed by atoms with E-state index in [9.17, 15) is 0 Å². The average Bonchev–Trinajstić information content (AvgIpc) is 3.69. The molecule has 0 atom stereocenters.